The maximum absolute atomic E-state index is 13.1. The van der Waals surface area contributed by atoms with Crippen molar-refractivity contribution in [3.8, 4) is 17.2 Å². The van der Waals surface area contributed by atoms with Crippen molar-refractivity contribution >= 4 is 17.7 Å². The molecule has 342 valence electrons. The van der Waals surface area contributed by atoms with E-state index in [0.717, 1.165) is 5.56 Å². The fourth-order valence-electron chi connectivity index (χ4n) is 7.53. The van der Waals surface area contributed by atoms with Crippen LogP contribution in [-0.4, -0.2) is 175 Å². The number of phenolic OH excluding ortho intramolecular Hbond substituents is 3. The summed E-state index contributed by atoms with van der Waals surface area (Å²) in [7, 11) is 0. The fourth-order valence-corrected chi connectivity index (χ4v) is 7.53. The molecule has 3 aromatic carbocycles. The molecular weight excluding hydrogens is 805 g/mol. The van der Waals surface area contributed by atoms with Gasteiger partial charge in [0.05, 0.1) is 74.5 Å². The molecule has 1 saturated heterocycles. The van der Waals surface area contributed by atoms with Crippen molar-refractivity contribution < 1.29 is 60.3 Å². The zero-order valence-corrected chi connectivity index (χ0v) is 35.8. The number of carbonyl (C=O) groups excluding carboxylic acids is 3. The summed E-state index contributed by atoms with van der Waals surface area (Å²) >= 11 is 0. The number of hydrogen-bond donors (Lipinski definition) is 12. The van der Waals surface area contributed by atoms with Crippen LogP contribution in [0.25, 0.3) is 0 Å². The molecule has 3 amide bonds. The lowest BCUT2D eigenvalue weighted by molar-refractivity contribution is 0.0870. The molecule has 0 atom stereocenters. The Morgan fingerprint density at radius 2 is 0.694 bits per heavy atom. The summed E-state index contributed by atoms with van der Waals surface area (Å²) < 4.78 is 0. The minimum Gasteiger partial charge on any atom is -0.507 e. The van der Waals surface area contributed by atoms with Crippen LogP contribution in [0.3, 0.4) is 0 Å². The number of nitrogens with one attached hydrogen (secondary N) is 3. The first-order chi connectivity index (χ1) is 29.6. The minimum atomic E-state index is -0.905. The second-order valence-corrected chi connectivity index (χ2v) is 16.1. The van der Waals surface area contributed by atoms with Gasteiger partial charge in [0.15, 0.2) is 0 Å². The van der Waals surface area contributed by atoms with Crippen molar-refractivity contribution in [2.75, 3.05) is 78.9 Å². The lowest BCUT2D eigenvalue weighted by Gasteiger charge is -2.28. The molecule has 1 fully saturated rings. The Bertz CT molecular complexity index is 1870. The Kier molecular flexibility index (Phi) is 19.3. The maximum atomic E-state index is 13.1. The molecule has 0 aliphatic carbocycles. The number of amides is 3. The Labute approximate surface area is 362 Å². The Balaban J connectivity index is 1.66. The maximum Gasteiger partial charge on any atom is 0.255 e. The SMILES string of the molecule is Cc1cc(CN2CCCN(Cc3cc(C)cc(C(=O)NC(CO)CO)c3O)CCN(Cc3cc(C)cc(C(=O)NC(CO)CO)c3O)CCC2)c(O)c(C(=O)NC(CO)CO)c1. The highest BCUT2D eigenvalue weighted by atomic mass is 16.3. The molecule has 62 heavy (non-hydrogen) atoms. The molecule has 12 N–H and O–H groups in total. The zero-order chi connectivity index (χ0) is 45.5. The van der Waals surface area contributed by atoms with Crippen molar-refractivity contribution in [3.63, 3.8) is 0 Å². The lowest BCUT2D eigenvalue weighted by Crippen LogP contribution is -2.40. The van der Waals surface area contributed by atoms with Crippen LogP contribution >= 0.6 is 0 Å². The van der Waals surface area contributed by atoms with Gasteiger partial charge in [-0.25, -0.2) is 0 Å². The third-order valence-electron chi connectivity index (χ3n) is 10.9. The number of aromatic hydroxyl groups is 3. The summed E-state index contributed by atoms with van der Waals surface area (Å²) in [5, 5.41) is 98.9. The third-order valence-corrected chi connectivity index (χ3v) is 10.9. The van der Waals surface area contributed by atoms with E-state index in [-0.39, 0.29) is 53.6 Å². The molecule has 18 nitrogen and oxygen atoms in total. The summed E-state index contributed by atoms with van der Waals surface area (Å²) in [6.07, 6.45) is 1.31. The van der Waals surface area contributed by atoms with Gasteiger partial charge in [0.1, 0.15) is 17.2 Å². The number of phenols is 3. The van der Waals surface area contributed by atoms with E-state index in [0.29, 0.717) is 79.9 Å². The highest BCUT2D eigenvalue weighted by Gasteiger charge is 2.25. The first-order valence-corrected chi connectivity index (χ1v) is 20.9. The molecule has 4 rings (SSSR count). The van der Waals surface area contributed by atoms with Gasteiger partial charge >= 0.3 is 0 Å². The number of aryl methyl sites for hydroxylation is 3. The molecular formula is C44H64N6O12. The normalized spacial score (nSPS) is 14.9. The molecule has 0 spiro atoms. The summed E-state index contributed by atoms with van der Waals surface area (Å²) in [6.45, 7) is 6.56. The van der Waals surface area contributed by atoms with Gasteiger partial charge in [0.25, 0.3) is 17.7 Å². The van der Waals surface area contributed by atoms with E-state index in [1.165, 1.54) is 12.1 Å². The number of aliphatic hydroxyl groups is 6. The van der Waals surface area contributed by atoms with E-state index in [9.17, 15) is 60.3 Å². The van der Waals surface area contributed by atoms with Crippen LogP contribution in [0.1, 0.15) is 77.3 Å². The van der Waals surface area contributed by atoms with E-state index < -0.39 is 75.5 Å². The summed E-state index contributed by atoms with van der Waals surface area (Å²) in [6, 6.07) is 7.31. The summed E-state index contributed by atoms with van der Waals surface area (Å²) in [5.41, 5.74) is 3.69. The molecule has 0 aromatic heterocycles. The van der Waals surface area contributed by atoms with Crippen molar-refractivity contribution in [2.24, 2.45) is 0 Å². The highest BCUT2D eigenvalue weighted by molar-refractivity contribution is 5.99. The number of benzene rings is 3. The number of carbonyl (C=O) groups is 3. The van der Waals surface area contributed by atoms with E-state index in [4.69, 9.17) is 0 Å². The molecule has 18 heteroatoms. The quantitative estimate of drug-likeness (QED) is 0.0774. The molecule has 0 saturated carbocycles. The van der Waals surface area contributed by atoms with Gasteiger partial charge in [0, 0.05) is 49.4 Å². The zero-order valence-electron chi connectivity index (χ0n) is 35.8. The topological polar surface area (TPSA) is 279 Å². The van der Waals surface area contributed by atoms with Crippen LogP contribution in [0, 0.1) is 20.8 Å². The van der Waals surface area contributed by atoms with Crippen LogP contribution in [0.5, 0.6) is 17.2 Å². The monoisotopic (exact) mass is 868 g/mol. The molecule has 0 radical (unpaired) electrons. The second-order valence-electron chi connectivity index (χ2n) is 16.1. The number of aliphatic hydroxyl groups excluding tert-OH is 6. The highest BCUT2D eigenvalue weighted by Crippen LogP contribution is 2.30. The van der Waals surface area contributed by atoms with Crippen molar-refractivity contribution in [2.45, 2.75) is 71.4 Å². The van der Waals surface area contributed by atoms with Gasteiger partial charge < -0.3 is 61.9 Å². The summed E-state index contributed by atoms with van der Waals surface area (Å²) in [4.78, 5) is 45.8. The van der Waals surface area contributed by atoms with E-state index in [2.05, 4.69) is 30.7 Å². The number of rotatable bonds is 18. The lowest BCUT2D eigenvalue weighted by atomic mass is 10.0. The van der Waals surface area contributed by atoms with Gasteiger partial charge in [-0.3, -0.25) is 29.1 Å². The average molecular weight is 869 g/mol. The average Bonchev–Trinajstić information content (AvgIpc) is 3.29. The van der Waals surface area contributed by atoms with Gasteiger partial charge in [-0.1, -0.05) is 18.2 Å². The Morgan fingerprint density at radius 3 is 0.935 bits per heavy atom. The largest absolute Gasteiger partial charge is 0.507 e. The van der Waals surface area contributed by atoms with Crippen molar-refractivity contribution in [3.05, 3.63) is 86.5 Å². The van der Waals surface area contributed by atoms with Crippen molar-refractivity contribution in [1.82, 2.24) is 30.7 Å². The van der Waals surface area contributed by atoms with Gasteiger partial charge in [-0.05, 0) is 94.7 Å². The van der Waals surface area contributed by atoms with E-state index in [1.54, 1.807) is 45.0 Å². The van der Waals surface area contributed by atoms with E-state index >= 15 is 0 Å². The predicted molar refractivity (Wildman–Crippen MR) is 230 cm³/mol. The number of nitrogens with zero attached hydrogens (tertiary/aromatic N) is 3. The van der Waals surface area contributed by atoms with Crippen LogP contribution in [0.15, 0.2) is 36.4 Å². The third kappa shape index (κ3) is 13.8. The van der Waals surface area contributed by atoms with Gasteiger partial charge in [0.2, 0.25) is 0 Å². The molecule has 1 aliphatic rings. The van der Waals surface area contributed by atoms with Gasteiger partial charge in [-0.2, -0.15) is 0 Å². The summed E-state index contributed by atoms with van der Waals surface area (Å²) in [5.74, 6) is -2.58. The first kappa shape index (κ1) is 49.8. The second kappa shape index (κ2) is 24.1. The smallest absolute Gasteiger partial charge is 0.255 e. The predicted octanol–water partition coefficient (Wildman–Crippen LogP) is -0.422. The number of hydrogen-bond acceptors (Lipinski definition) is 15. The molecule has 1 heterocycles. The van der Waals surface area contributed by atoms with Crippen LogP contribution < -0.4 is 16.0 Å². The minimum absolute atomic E-state index is 0.00545. The standard InChI is InChI=1S/C44H64N6O12/c1-27-12-30(39(57)36(15-27)42(60)45-33(21-51)22-52)18-48-6-4-8-49(19-31-13-28(2)16-37(40(31)58)43(61)46-34(23-53)24-54)10-11-50(9-5-7-48)20-32-14-29(3)17-38(41(32)59)44(62)47-35(25-55)26-56/h12-17,33-35,51-59H,4-11,18-26H2,1-3H3,(H,45,60)(H,46,61)(H,47,62). The Morgan fingerprint density at radius 1 is 0.452 bits per heavy atom. The van der Waals surface area contributed by atoms with Gasteiger partial charge in [-0.15, -0.1) is 0 Å². The van der Waals surface area contributed by atoms with Crippen LogP contribution in [0.4, 0.5) is 0 Å². The Hall–Kier alpha value is -4.89. The fraction of sp³-hybridized carbons (Fsp3) is 0.523. The molecule has 3 aromatic rings. The molecule has 1 aliphatic heterocycles. The van der Waals surface area contributed by atoms with Crippen LogP contribution in [0.2, 0.25) is 0 Å². The molecule has 0 bridgehead atoms. The van der Waals surface area contributed by atoms with E-state index in [1.807, 2.05) is 0 Å². The first-order valence-electron chi connectivity index (χ1n) is 20.9. The van der Waals surface area contributed by atoms with Crippen molar-refractivity contribution in [1.29, 1.82) is 0 Å². The van der Waals surface area contributed by atoms with Crippen LogP contribution in [-0.2, 0) is 19.6 Å². The molecule has 0 unspecified atom stereocenters.